The molecule has 2 aromatic carbocycles. The van der Waals surface area contributed by atoms with Gasteiger partial charge < -0.3 is 14.8 Å². The molecule has 3 aromatic rings. The van der Waals surface area contributed by atoms with Gasteiger partial charge in [-0.2, -0.15) is 0 Å². The number of hydrogen-bond acceptors (Lipinski definition) is 5. The Morgan fingerprint density at radius 2 is 2.07 bits per heavy atom. The van der Waals surface area contributed by atoms with Crippen molar-refractivity contribution in [2.45, 2.75) is 12.7 Å². The van der Waals surface area contributed by atoms with E-state index in [9.17, 15) is 14.0 Å². The van der Waals surface area contributed by atoms with Crippen molar-refractivity contribution in [1.82, 2.24) is 5.32 Å². The van der Waals surface area contributed by atoms with Gasteiger partial charge in [-0.25, -0.2) is 4.39 Å². The number of amides is 2. The number of para-hydroxylation sites is 2. The summed E-state index contributed by atoms with van der Waals surface area (Å²) in [5, 5.41) is 2.95. The number of benzene rings is 2. The standard InChI is InChI=1S/C21H19FN2O4S/c1-23-20(25)16-10-24(14-7-3-4-8-15(14)28-16)21(26)19-12(11-27-2)18-13(22)6-5-9-17(18)29-19/h3-9,16H,10-11H2,1-2H3,(H,23,25)/t16-/m1/s1. The van der Waals surface area contributed by atoms with Crippen LogP contribution in [0.4, 0.5) is 10.1 Å². The number of nitrogens with one attached hydrogen (secondary N) is 1. The molecule has 0 bridgehead atoms. The Morgan fingerprint density at radius 3 is 2.83 bits per heavy atom. The van der Waals surface area contributed by atoms with Crippen molar-refractivity contribution in [3.05, 3.63) is 58.7 Å². The second kappa shape index (κ2) is 7.81. The fourth-order valence-electron chi connectivity index (χ4n) is 3.47. The molecular weight excluding hydrogens is 395 g/mol. The van der Waals surface area contributed by atoms with E-state index in [0.717, 1.165) is 0 Å². The van der Waals surface area contributed by atoms with Gasteiger partial charge in [-0.05, 0) is 24.3 Å². The summed E-state index contributed by atoms with van der Waals surface area (Å²) in [4.78, 5) is 27.7. The quantitative estimate of drug-likeness (QED) is 0.711. The molecule has 0 saturated heterocycles. The first-order valence-corrected chi connectivity index (χ1v) is 9.84. The highest BCUT2D eigenvalue weighted by molar-refractivity contribution is 7.21. The van der Waals surface area contributed by atoms with Crippen molar-refractivity contribution in [1.29, 1.82) is 0 Å². The third kappa shape index (κ3) is 3.34. The molecule has 0 saturated carbocycles. The van der Waals surface area contributed by atoms with Gasteiger partial charge in [0.05, 0.1) is 23.7 Å². The van der Waals surface area contributed by atoms with Crippen molar-refractivity contribution in [2.24, 2.45) is 0 Å². The van der Waals surface area contributed by atoms with E-state index in [4.69, 9.17) is 9.47 Å². The molecular formula is C21H19FN2O4S. The molecule has 2 heterocycles. The van der Waals surface area contributed by atoms with Crippen molar-refractivity contribution in [2.75, 3.05) is 25.6 Å². The highest BCUT2D eigenvalue weighted by Crippen LogP contribution is 2.38. The van der Waals surface area contributed by atoms with E-state index in [-0.39, 0.29) is 25.0 Å². The summed E-state index contributed by atoms with van der Waals surface area (Å²) >= 11 is 1.22. The molecule has 4 rings (SSSR count). The molecule has 8 heteroatoms. The number of fused-ring (bicyclic) bond motifs is 2. The number of methoxy groups -OCH3 is 1. The minimum atomic E-state index is -0.837. The third-order valence-electron chi connectivity index (χ3n) is 4.80. The lowest BCUT2D eigenvalue weighted by Crippen LogP contribution is -2.50. The first kappa shape index (κ1) is 19.4. The highest BCUT2D eigenvalue weighted by atomic mass is 32.1. The van der Waals surface area contributed by atoms with Gasteiger partial charge in [-0.3, -0.25) is 14.5 Å². The van der Waals surface area contributed by atoms with E-state index in [1.54, 1.807) is 36.4 Å². The van der Waals surface area contributed by atoms with E-state index in [1.807, 2.05) is 0 Å². The second-order valence-corrected chi connectivity index (χ2v) is 7.61. The number of halogens is 1. The normalized spacial score (nSPS) is 15.7. The number of ether oxygens (including phenoxy) is 2. The maximum Gasteiger partial charge on any atom is 0.269 e. The number of nitrogens with zero attached hydrogens (tertiary/aromatic N) is 1. The zero-order valence-electron chi connectivity index (χ0n) is 15.9. The van der Waals surface area contributed by atoms with Crippen molar-refractivity contribution >= 4 is 38.9 Å². The number of carbonyl (C=O) groups excluding carboxylic acids is 2. The number of rotatable bonds is 4. The molecule has 1 atom stereocenters. The summed E-state index contributed by atoms with van der Waals surface area (Å²) in [7, 11) is 3.02. The van der Waals surface area contributed by atoms with Crippen LogP contribution in [0.3, 0.4) is 0 Å². The van der Waals surface area contributed by atoms with Crippen LogP contribution in [0.1, 0.15) is 15.2 Å². The zero-order valence-corrected chi connectivity index (χ0v) is 16.7. The molecule has 1 aliphatic rings. The van der Waals surface area contributed by atoms with Crippen LogP contribution >= 0.6 is 11.3 Å². The maximum absolute atomic E-state index is 14.5. The molecule has 1 aromatic heterocycles. The van der Waals surface area contributed by atoms with E-state index in [0.29, 0.717) is 32.0 Å². The smallest absolute Gasteiger partial charge is 0.269 e. The largest absolute Gasteiger partial charge is 0.477 e. The molecule has 0 fully saturated rings. The number of hydrogen-bond donors (Lipinski definition) is 1. The second-order valence-electron chi connectivity index (χ2n) is 6.56. The van der Waals surface area contributed by atoms with Gasteiger partial charge in [0.1, 0.15) is 11.6 Å². The molecule has 0 spiro atoms. The fourth-order valence-corrected chi connectivity index (χ4v) is 4.64. The molecule has 1 aliphatic heterocycles. The Kier molecular flexibility index (Phi) is 5.21. The first-order valence-electron chi connectivity index (χ1n) is 9.03. The van der Waals surface area contributed by atoms with Crippen LogP contribution in [-0.2, 0) is 16.1 Å². The summed E-state index contributed by atoms with van der Waals surface area (Å²) in [6.07, 6.45) is -0.837. The monoisotopic (exact) mass is 414 g/mol. The number of likely N-dealkylation sites (N-methyl/N-ethyl adjacent to an activating group) is 1. The number of thiophene rings is 1. The van der Waals surface area contributed by atoms with Gasteiger partial charge in [0.15, 0.2) is 6.10 Å². The summed E-state index contributed by atoms with van der Waals surface area (Å²) in [5.74, 6) is -0.587. The van der Waals surface area contributed by atoms with Crippen LogP contribution in [-0.4, -0.2) is 38.6 Å². The minimum Gasteiger partial charge on any atom is -0.477 e. The van der Waals surface area contributed by atoms with E-state index in [2.05, 4.69) is 5.32 Å². The maximum atomic E-state index is 14.5. The summed E-state index contributed by atoms with van der Waals surface area (Å²) in [6, 6.07) is 11.8. The van der Waals surface area contributed by atoms with Crippen LogP contribution in [0, 0.1) is 5.82 Å². The van der Waals surface area contributed by atoms with Gasteiger partial charge in [0, 0.05) is 29.8 Å². The first-order chi connectivity index (χ1) is 14.0. The van der Waals surface area contributed by atoms with Crippen LogP contribution in [0.15, 0.2) is 42.5 Å². The molecule has 0 radical (unpaired) electrons. The van der Waals surface area contributed by atoms with Gasteiger partial charge in [-0.15, -0.1) is 11.3 Å². The fraction of sp³-hybridized carbons (Fsp3) is 0.238. The molecule has 0 unspecified atom stereocenters. The third-order valence-corrected chi connectivity index (χ3v) is 5.99. The summed E-state index contributed by atoms with van der Waals surface area (Å²) in [6.45, 7) is 0.158. The molecule has 1 N–H and O–H groups in total. The SMILES string of the molecule is CNC(=O)[C@H]1CN(C(=O)c2sc3cccc(F)c3c2COC)c2ccccc2O1. The van der Waals surface area contributed by atoms with Crippen LogP contribution < -0.4 is 15.0 Å². The Balaban J connectivity index is 1.82. The summed E-state index contributed by atoms with van der Waals surface area (Å²) < 4.78 is 26.2. The van der Waals surface area contributed by atoms with Gasteiger partial charge in [0.2, 0.25) is 0 Å². The van der Waals surface area contributed by atoms with Crippen LogP contribution in [0.25, 0.3) is 10.1 Å². The lowest BCUT2D eigenvalue weighted by molar-refractivity contribution is -0.127. The Labute approximate surface area is 170 Å². The molecule has 6 nitrogen and oxygen atoms in total. The minimum absolute atomic E-state index is 0.0542. The zero-order chi connectivity index (χ0) is 20.5. The predicted molar refractivity (Wildman–Crippen MR) is 109 cm³/mol. The average molecular weight is 414 g/mol. The Bertz CT molecular complexity index is 1100. The topological polar surface area (TPSA) is 67.9 Å². The van der Waals surface area contributed by atoms with Crippen LogP contribution in [0.2, 0.25) is 0 Å². The van der Waals surface area contributed by atoms with Crippen molar-refractivity contribution in [3.8, 4) is 5.75 Å². The van der Waals surface area contributed by atoms with Crippen molar-refractivity contribution in [3.63, 3.8) is 0 Å². The lowest BCUT2D eigenvalue weighted by atomic mass is 10.1. The summed E-state index contributed by atoms with van der Waals surface area (Å²) in [5.41, 5.74) is 1.08. The molecule has 0 aliphatic carbocycles. The Morgan fingerprint density at radius 1 is 1.28 bits per heavy atom. The van der Waals surface area contributed by atoms with E-state index >= 15 is 0 Å². The molecule has 150 valence electrons. The Hall–Kier alpha value is -2.97. The molecule has 2 amide bonds. The highest BCUT2D eigenvalue weighted by Gasteiger charge is 2.35. The predicted octanol–water partition coefficient (Wildman–Crippen LogP) is 3.34. The molecule has 29 heavy (non-hydrogen) atoms. The van der Waals surface area contributed by atoms with Gasteiger partial charge >= 0.3 is 0 Å². The van der Waals surface area contributed by atoms with Crippen LogP contribution in [0.5, 0.6) is 5.75 Å². The van der Waals surface area contributed by atoms with Crippen molar-refractivity contribution < 1.29 is 23.5 Å². The lowest BCUT2D eigenvalue weighted by Gasteiger charge is -2.34. The van der Waals surface area contributed by atoms with E-state index in [1.165, 1.54) is 36.5 Å². The average Bonchev–Trinajstić information content (AvgIpc) is 3.12. The number of anilines is 1. The van der Waals surface area contributed by atoms with Gasteiger partial charge in [0.25, 0.3) is 11.8 Å². The number of carbonyl (C=O) groups is 2. The van der Waals surface area contributed by atoms with E-state index < -0.39 is 11.9 Å². The van der Waals surface area contributed by atoms with Gasteiger partial charge in [-0.1, -0.05) is 18.2 Å².